The number of hydrogen-bond acceptors (Lipinski definition) is 0. The molecule has 0 spiro atoms. The van der Waals surface area contributed by atoms with Crippen molar-refractivity contribution in [1.29, 1.82) is 0 Å². The van der Waals surface area contributed by atoms with Crippen LogP contribution in [0, 0.1) is 58.2 Å². The SMILES string of the molecule is Fc1c(F)c(F)c(C(CC(F)(F)C(F)(F)C(F)(F)C(F)(F)C(F)(F)C(F)(F)F)C(CC(F)(F)C(F)(F)C(F)(F)C(F)(F)C(F)(F)C(F)(F)F)c2c(F)c(F)c(F)c(F)c2F)c(F)c1F. The number of hydrogen-bond donors (Lipinski definition) is 0. The fourth-order valence-corrected chi connectivity index (χ4v) is 5.20. The van der Waals surface area contributed by atoms with Crippen molar-refractivity contribution in [2.45, 2.75) is 96.3 Å². The van der Waals surface area contributed by atoms with Gasteiger partial charge in [-0.2, -0.15) is 114 Å². The summed E-state index contributed by atoms with van der Waals surface area (Å²) >= 11 is 0. The lowest BCUT2D eigenvalue weighted by molar-refractivity contribution is -0.441. The van der Waals surface area contributed by atoms with Gasteiger partial charge in [-0.3, -0.25) is 0 Å². The molecule has 36 heteroatoms. The summed E-state index contributed by atoms with van der Waals surface area (Å²) in [5.74, 6) is -141. The lowest BCUT2D eigenvalue weighted by Gasteiger charge is -2.42. The number of halogens is 36. The highest BCUT2D eigenvalue weighted by molar-refractivity contribution is 5.36. The van der Waals surface area contributed by atoms with Crippen LogP contribution in [0.5, 0.6) is 0 Å². The Labute approximate surface area is 324 Å². The van der Waals surface area contributed by atoms with Gasteiger partial charge >= 0.3 is 71.6 Å². The van der Waals surface area contributed by atoms with E-state index in [0.717, 1.165) is 0 Å². The molecular formula is C28H6F36. The fourth-order valence-electron chi connectivity index (χ4n) is 5.20. The molecule has 0 aliphatic carbocycles. The van der Waals surface area contributed by atoms with Gasteiger partial charge in [-0.1, -0.05) is 0 Å². The third-order valence-corrected chi connectivity index (χ3v) is 8.66. The van der Waals surface area contributed by atoms with Crippen molar-refractivity contribution in [3.05, 3.63) is 69.3 Å². The first-order chi connectivity index (χ1) is 27.8. The van der Waals surface area contributed by atoms with Gasteiger partial charge in [0.1, 0.15) is 0 Å². The molecule has 370 valence electrons. The van der Waals surface area contributed by atoms with Crippen LogP contribution in [0.4, 0.5) is 158 Å². The van der Waals surface area contributed by atoms with E-state index in [9.17, 15) is 123 Å². The van der Waals surface area contributed by atoms with Crippen LogP contribution in [-0.4, -0.2) is 71.6 Å². The van der Waals surface area contributed by atoms with E-state index in [1.165, 1.54) is 0 Å². The highest BCUT2D eigenvalue weighted by atomic mass is 19.4. The molecule has 0 radical (unpaired) electrons. The van der Waals surface area contributed by atoms with Crippen LogP contribution in [0.15, 0.2) is 0 Å². The molecule has 2 rings (SSSR count). The molecule has 0 fully saturated rings. The van der Waals surface area contributed by atoms with Gasteiger partial charge in [0.15, 0.2) is 46.5 Å². The van der Waals surface area contributed by atoms with Crippen molar-refractivity contribution >= 4 is 0 Å². The second-order valence-corrected chi connectivity index (χ2v) is 12.6. The molecule has 0 saturated heterocycles. The summed E-state index contributed by atoms with van der Waals surface area (Å²) in [6.45, 7) is 0. The monoisotopic (exact) mass is 1030 g/mol. The molecule has 0 aliphatic rings. The molecule has 0 aliphatic heterocycles. The lowest BCUT2D eigenvalue weighted by Crippen LogP contribution is -2.70. The Bertz CT molecular complexity index is 1880. The van der Waals surface area contributed by atoms with Crippen LogP contribution < -0.4 is 0 Å². The van der Waals surface area contributed by atoms with Crippen LogP contribution in [0.3, 0.4) is 0 Å². The van der Waals surface area contributed by atoms with Gasteiger partial charge in [-0.15, -0.1) is 0 Å². The Morgan fingerprint density at radius 1 is 0.219 bits per heavy atom. The second kappa shape index (κ2) is 15.8. The maximum absolute atomic E-state index is 15.2. The Balaban J connectivity index is 3.38. The average Bonchev–Trinajstić information content (AvgIpc) is 3.12. The van der Waals surface area contributed by atoms with Crippen LogP contribution in [0.25, 0.3) is 0 Å². The molecule has 0 bridgehead atoms. The van der Waals surface area contributed by atoms with E-state index in [4.69, 9.17) is 0 Å². The summed E-state index contributed by atoms with van der Waals surface area (Å²) in [4.78, 5) is 0. The van der Waals surface area contributed by atoms with Crippen molar-refractivity contribution in [2.75, 3.05) is 0 Å². The van der Waals surface area contributed by atoms with Gasteiger partial charge in [0, 0.05) is 35.8 Å². The average molecular weight is 1030 g/mol. The zero-order valence-electron chi connectivity index (χ0n) is 28.2. The zero-order valence-corrected chi connectivity index (χ0v) is 28.2. The minimum atomic E-state index is -9.22. The van der Waals surface area contributed by atoms with E-state index in [2.05, 4.69) is 0 Å². The molecule has 2 atom stereocenters. The summed E-state index contributed by atoms with van der Waals surface area (Å²) in [6, 6.07) is 0. The highest BCUT2D eigenvalue weighted by Gasteiger charge is 2.92. The molecule has 0 aromatic heterocycles. The molecular weight excluding hydrogens is 1020 g/mol. The maximum atomic E-state index is 15.2. The van der Waals surface area contributed by atoms with E-state index in [0.29, 0.717) is 0 Å². The van der Waals surface area contributed by atoms with Gasteiger partial charge in [0.25, 0.3) is 0 Å². The number of benzene rings is 2. The fraction of sp³-hybridized carbons (Fsp3) is 0.571. The van der Waals surface area contributed by atoms with Crippen molar-refractivity contribution in [1.82, 2.24) is 0 Å². The first kappa shape index (κ1) is 56.1. The Morgan fingerprint density at radius 2 is 0.375 bits per heavy atom. The van der Waals surface area contributed by atoms with Crippen molar-refractivity contribution in [3.8, 4) is 0 Å². The van der Waals surface area contributed by atoms with Crippen molar-refractivity contribution in [3.63, 3.8) is 0 Å². The van der Waals surface area contributed by atoms with Gasteiger partial charge in [0.05, 0.1) is 0 Å². The first-order valence-corrected chi connectivity index (χ1v) is 14.7. The molecule has 2 unspecified atom stereocenters. The van der Waals surface area contributed by atoms with E-state index < -0.39 is 166 Å². The summed E-state index contributed by atoms with van der Waals surface area (Å²) in [7, 11) is 0. The Hall–Kier alpha value is -4.08. The third kappa shape index (κ3) is 7.72. The Morgan fingerprint density at radius 3 is 0.547 bits per heavy atom. The Kier molecular flexibility index (Phi) is 13.8. The van der Waals surface area contributed by atoms with E-state index in [1.54, 1.807) is 0 Å². The standard InChI is InChI=1S/C28H6F36/c29-7-5(8(30)12(34)15(37)11(7)33)3(1-17(39,40)19(43,44)21(47,48)23(51,52)25(55,56)27(59,60)61)4(6-9(31)13(35)16(38)14(36)10(6)32)2-18(41,42)20(45,46)22(49,50)24(53,54)26(57,58)28(62,63)64/h3-4H,1-2H2. The molecule has 0 amide bonds. The topological polar surface area (TPSA) is 0 Å². The maximum Gasteiger partial charge on any atom is 0.460 e. The highest BCUT2D eigenvalue weighted by Crippen LogP contribution is 2.65. The predicted octanol–water partition coefficient (Wildman–Crippen LogP) is 14.2. The summed E-state index contributed by atoms with van der Waals surface area (Å²) in [5, 5.41) is 0. The van der Waals surface area contributed by atoms with Crippen LogP contribution in [0.1, 0.15) is 35.8 Å². The van der Waals surface area contributed by atoms with Crippen LogP contribution in [-0.2, 0) is 0 Å². The van der Waals surface area contributed by atoms with E-state index in [-0.39, 0.29) is 0 Å². The normalized spacial score (nSPS) is 16.1. The van der Waals surface area contributed by atoms with Crippen molar-refractivity contribution in [2.24, 2.45) is 0 Å². The summed E-state index contributed by atoms with van der Waals surface area (Å²) in [6.07, 6.45) is -26.8. The number of alkyl halides is 26. The van der Waals surface area contributed by atoms with Gasteiger partial charge in [0.2, 0.25) is 11.6 Å². The van der Waals surface area contributed by atoms with E-state index in [1.807, 2.05) is 0 Å². The molecule has 64 heavy (non-hydrogen) atoms. The third-order valence-electron chi connectivity index (χ3n) is 8.66. The largest absolute Gasteiger partial charge is 0.460 e. The molecule has 0 saturated carbocycles. The molecule has 0 N–H and O–H groups in total. The van der Waals surface area contributed by atoms with Crippen LogP contribution in [0.2, 0.25) is 0 Å². The summed E-state index contributed by atoms with van der Waals surface area (Å²) in [5.41, 5.74) is -8.26. The first-order valence-electron chi connectivity index (χ1n) is 14.7. The van der Waals surface area contributed by atoms with Gasteiger partial charge in [-0.25, -0.2) is 43.9 Å². The molecule has 0 heterocycles. The van der Waals surface area contributed by atoms with Gasteiger partial charge in [-0.05, 0) is 0 Å². The lowest BCUT2D eigenvalue weighted by atomic mass is 9.72. The molecule has 2 aromatic rings. The van der Waals surface area contributed by atoms with Crippen molar-refractivity contribution < 1.29 is 158 Å². The summed E-state index contributed by atoms with van der Waals surface area (Å²) < 4.78 is 505. The minimum absolute atomic E-state index is 3.80. The minimum Gasteiger partial charge on any atom is -0.203 e. The quantitative estimate of drug-likeness (QED) is 0.0947. The molecule has 0 nitrogen and oxygen atoms in total. The van der Waals surface area contributed by atoms with Gasteiger partial charge < -0.3 is 0 Å². The molecule has 2 aromatic carbocycles. The second-order valence-electron chi connectivity index (χ2n) is 12.6. The zero-order chi connectivity index (χ0) is 51.5. The van der Waals surface area contributed by atoms with E-state index >= 15 is 35.1 Å². The number of rotatable bonds is 15. The predicted molar refractivity (Wildman–Crippen MR) is 129 cm³/mol. The van der Waals surface area contributed by atoms with Crippen LogP contribution >= 0.6 is 0 Å². The smallest absolute Gasteiger partial charge is 0.203 e.